The molecule has 6 heteroatoms. The van der Waals surface area contributed by atoms with Gasteiger partial charge >= 0.3 is 0 Å². The highest BCUT2D eigenvalue weighted by Crippen LogP contribution is 2.42. The number of pyridine rings is 2. The van der Waals surface area contributed by atoms with Crippen molar-refractivity contribution in [1.29, 1.82) is 0 Å². The van der Waals surface area contributed by atoms with E-state index in [0.29, 0.717) is 6.54 Å². The zero-order chi connectivity index (χ0) is 22.9. The van der Waals surface area contributed by atoms with Crippen LogP contribution in [0.3, 0.4) is 0 Å². The normalized spacial score (nSPS) is 17.9. The van der Waals surface area contributed by atoms with Crippen molar-refractivity contribution in [3.05, 3.63) is 113 Å². The maximum Gasteiger partial charge on any atom is 0.170 e. The van der Waals surface area contributed by atoms with E-state index in [0.717, 1.165) is 10.8 Å². The lowest BCUT2D eigenvalue weighted by molar-refractivity contribution is 0.310. The first-order valence-corrected chi connectivity index (χ1v) is 11.6. The first-order chi connectivity index (χ1) is 16.0. The summed E-state index contributed by atoms with van der Waals surface area (Å²) in [4.78, 5) is 11.1. The number of hydrogen-bond donors (Lipinski definition) is 1. The van der Waals surface area contributed by atoms with Gasteiger partial charge in [-0.25, -0.2) is 0 Å². The van der Waals surface area contributed by atoms with Crippen LogP contribution in [-0.4, -0.2) is 24.5 Å². The molecule has 1 aliphatic heterocycles. The highest BCUT2D eigenvalue weighted by Gasteiger charge is 2.41. The van der Waals surface area contributed by atoms with Gasteiger partial charge in [-0.15, -0.1) is 0 Å². The van der Waals surface area contributed by atoms with Crippen LogP contribution in [0.1, 0.15) is 45.9 Å². The van der Waals surface area contributed by atoms with Gasteiger partial charge in [-0.1, -0.05) is 24.3 Å². The molecule has 0 radical (unpaired) electrons. The molecular weight excluding hydrogens is 426 g/mol. The maximum absolute atomic E-state index is 5.86. The molecule has 1 aromatic carbocycles. The van der Waals surface area contributed by atoms with Gasteiger partial charge in [-0.05, 0) is 86.1 Å². The summed E-state index contributed by atoms with van der Waals surface area (Å²) in [7, 11) is 0. The van der Waals surface area contributed by atoms with Gasteiger partial charge in [0.15, 0.2) is 5.11 Å². The molecule has 0 spiro atoms. The number of aryl methyl sites for hydroxylation is 2. The second kappa shape index (κ2) is 8.79. The summed E-state index contributed by atoms with van der Waals surface area (Å²) < 4.78 is 2.35. The summed E-state index contributed by atoms with van der Waals surface area (Å²) in [5.41, 5.74) is 8.31. The highest BCUT2D eigenvalue weighted by molar-refractivity contribution is 7.80. The van der Waals surface area contributed by atoms with Crippen LogP contribution >= 0.6 is 12.2 Å². The molecule has 1 fully saturated rings. The van der Waals surface area contributed by atoms with Gasteiger partial charge in [0.2, 0.25) is 0 Å². The predicted molar refractivity (Wildman–Crippen MR) is 135 cm³/mol. The number of thiocarbonyl (C=S) groups is 1. The second-order valence-corrected chi connectivity index (χ2v) is 8.95. The fourth-order valence-corrected chi connectivity index (χ4v) is 5.18. The van der Waals surface area contributed by atoms with E-state index in [1.165, 1.54) is 33.8 Å². The van der Waals surface area contributed by atoms with Gasteiger partial charge < -0.3 is 14.8 Å². The highest BCUT2D eigenvalue weighted by atomic mass is 32.1. The molecule has 1 aliphatic rings. The Kier molecular flexibility index (Phi) is 5.68. The number of para-hydroxylation sites is 1. The number of nitrogens with zero attached hydrogens (tertiary/aromatic N) is 4. The van der Waals surface area contributed by atoms with Crippen LogP contribution < -0.4 is 5.32 Å². The smallest absolute Gasteiger partial charge is 0.170 e. The van der Waals surface area contributed by atoms with Gasteiger partial charge in [0.1, 0.15) is 0 Å². The van der Waals surface area contributed by atoms with Crippen molar-refractivity contribution in [3.8, 4) is 5.69 Å². The van der Waals surface area contributed by atoms with E-state index in [1.807, 2.05) is 42.9 Å². The second-order valence-electron chi connectivity index (χ2n) is 8.56. The largest absolute Gasteiger partial charge is 0.352 e. The van der Waals surface area contributed by atoms with E-state index < -0.39 is 0 Å². The Morgan fingerprint density at radius 2 is 1.70 bits per heavy atom. The molecule has 4 aromatic rings. The molecule has 1 saturated heterocycles. The molecule has 1 N–H and O–H groups in total. The van der Waals surface area contributed by atoms with Gasteiger partial charge in [-0.3, -0.25) is 9.97 Å². The molecule has 2 atom stereocenters. The van der Waals surface area contributed by atoms with E-state index in [4.69, 9.17) is 12.2 Å². The first-order valence-electron chi connectivity index (χ1n) is 11.2. The van der Waals surface area contributed by atoms with Crippen molar-refractivity contribution in [2.24, 2.45) is 0 Å². The summed E-state index contributed by atoms with van der Waals surface area (Å²) in [5, 5.41) is 4.31. The Morgan fingerprint density at radius 1 is 0.939 bits per heavy atom. The zero-order valence-corrected chi connectivity index (χ0v) is 19.9. The van der Waals surface area contributed by atoms with E-state index in [-0.39, 0.29) is 12.1 Å². The Morgan fingerprint density at radius 3 is 2.42 bits per heavy atom. The number of rotatable bonds is 5. The summed E-state index contributed by atoms with van der Waals surface area (Å²) in [6.07, 6.45) is 5.51. The predicted octanol–water partition coefficient (Wildman–Crippen LogP) is 5.37. The van der Waals surface area contributed by atoms with E-state index in [9.17, 15) is 0 Å². The van der Waals surface area contributed by atoms with Crippen molar-refractivity contribution in [3.63, 3.8) is 0 Å². The molecular formula is C27H27N5S. The third-order valence-corrected chi connectivity index (χ3v) is 6.80. The molecule has 3 aromatic heterocycles. The van der Waals surface area contributed by atoms with Crippen molar-refractivity contribution >= 4 is 17.3 Å². The third kappa shape index (κ3) is 3.91. The molecule has 0 amide bonds. The lowest BCUT2D eigenvalue weighted by Crippen LogP contribution is -2.29. The Labute approximate surface area is 200 Å². The SMILES string of the molecule is Cc1ccccc1-n1c(C)cc([C@H]2[C@@H](c3ccccn3)NC(=S)N2Cc2ccncc2)c1C. The summed E-state index contributed by atoms with van der Waals surface area (Å²) in [6, 6.07) is 21.0. The molecule has 4 heterocycles. The van der Waals surface area contributed by atoms with Gasteiger partial charge in [0.25, 0.3) is 0 Å². The van der Waals surface area contributed by atoms with E-state index >= 15 is 0 Å². The molecule has 166 valence electrons. The Hall–Kier alpha value is -3.51. The third-order valence-electron chi connectivity index (χ3n) is 6.45. The van der Waals surface area contributed by atoms with Crippen LogP contribution in [0.2, 0.25) is 0 Å². The summed E-state index contributed by atoms with van der Waals surface area (Å²) in [6.45, 7) is 7.24. The van der Waals surface area contributed by atoms with Gasteiger partial charge in [-0.2, -0.15) is 0 Å². The summed E-state index contributed by atoms with van der Waals surface area (Å²) in [5.74, 6) is 0. The minimum absolute atomic E-state index is 0.0181. The van der Waals surface area contributed by atoms with Crippen molar-refractivity contribution < 1.29 is 0 Å². The average molecular weight is 454 g/mol. The molecule has 33 heavy (non-hydrogen) atoms. The Balaban J connectivity index is 1.63. The van der Waals surface area contributed by atoms with Crippen LogP contribution in [0.4, 0.5) is 0 Å². The van der Waals surface area contributed by atoms with Crippen LogP contribution in [-0.2, 0) is 6.54 Å². The molecule has 0 unspecified atom stereocenters. The molecule has 5 rings (SSSR count). The van der Waals surface area contributed by atoms with E-state index in [1.54, 1.807) is 0 Å². The number of nitrogens with one attached hydrogen (secondary N) is 1. The molecule has 0 saturated carbocycles. The number of hydrogen-bond acceptors (Lipinski definition) is 3. The number of aromatic nitrogens is 3. The molecule has 0 bridgehead atoms. The lowest BCUT2D eigenvalue weighted by atomic mass is 9.96. The van der Waals surface area contributed by atoms with Crippen molar-refractivity contribution in [2.45, 2.75) is 39.4 Å². The van der Waals surface area contributed by atoms with Crippen LogP contribution in [0.25, 0.3) is 5.69 Å². The van der Waals surface area contributed by atoms with Crippen molar-refractivity contribution in [1.82, 2.24) is 24.8 Å². The van der Waals surface area contributed by atoms with Crippen LogP contribution in [0, 0.1) is 20.8 Å². The molecule has 0 aliphatic carbocycles. The van der Waals surface area contributed by atoms with Crippen LogP contribution in [0.15, 0.2) is 79.3 Å². The first kappa shape index (κ1) is 21.3. The minimum atomic E-state index is -0.0358. The van der Waals surface area contributed by atoms with Crippen molar-refractivity contribution in [2.75, 3.05) is 0 Å². The monoisotopic (exact) mass is 453 g/mol. The van der Waals surface area contributed by atoms with Crippen LogP contribution in [0.5, 0.6) is 0 Å². The lowest BCUT2D eigenvalue weighted by Gasteiger charge is -2.28. The fraction of sp³-hybridized carbons (Fsp3) is 0.222. The topological polar surface area (TPSA) is 46.0 Å². The standard InChI is InChI=1S/C27H27N5S/c1-18-8-4-5-10-24(18)32-19(2)16-22(20(32)3)26-25(23-9-6-7-13-29-23)30-27(33)31(26)17-21-11-14-28-15-12-21/h4-16,25-26H,17H2,1-3H3,(H,30,33)/t25-,26+/m1/s1. The van der Waals surface area contributed by atoms with Gasteiger partial charge in [0.05, 0.1) is 17.8 Å². The maximum atomic E-state index is 5.86. The number of benzene rings is 1. The molecule has 5 nitrogen and oxygen atoms in total. The Bertz CT molecular complexity index is 1280. The van der Waals surface area contributed by atoms with Gasteiger partial charge in [0, 0.05) is 42.2 Å². The minimum Gasteiger partial charge on any atom is -0.352 e. The van der Waals surface area contributed by atoms with E-state index in [2.05, 4.69) is 81.9 Å². The average Bonchev–Trinajstić information content (AvgIpc) is 3.30. The fourth-order valence-electron chi connectivity index (χ4n) is 4.87. The quantitative estimate of drug-likeness (QED) is 0.412. The zero-order valence-electron chi connectivity index (χ0n) is 19.1. The summed E-state index contributed by atoms with van der Waals surface area (Å²) >= 11 is 5.86.